The second-order valence-electron chi connectivity index (χ2n) is 6.37. The number of fused-ring (bicyclic) bond motifs is 1. The lowest BCUT2D eigenvalue weighted by Crippen LogP contribution is -2.34. The highest BCUT2D eigenvalue weighted by atomic mass is 16.7. The Morgan fingerprint density at radius 3 is 2.52 bits per heavy atom. The lowest BCUT2D eigenvalue weighted by atomic mass is 10.0. The van der Waals surface area contributed by atoms with Crippen molar-refractivity contribution >= 4 is 5.91 Å². The van der Waals surface area contributed by atoms with Gasteiger partial charge in [0.15, 0.2) is 23.0 Å². The van der Waals surface area contributed by atoms with E-state index in [2.05, 4.69) is 5.32 Å². The van der Waals surface area contributed by atoms with Gasteiger partial charge in [0.2, 0.25) is 6.79 Å². The van der Waals surface area contributed by atoms with Gasteiger partial charge in [-0.25, -0.2) is 0 Å². The van der Waals surface area contributed by atoms with Gasteiger partial charge < -0.3 is 29.2 Å². The molecule has 1 aliphatic rings. The lowest BCUT2D eigenvalue weighted by molar-refractivity contribution is 0.0941. The summed E-state index contributed by atoms with van der Waals surface area (Å²) in [7, 11) is 7.04. The first-order valence-electron chi connectivity index (χ1n) is 8.59. The number of rotatable bonds is 7. The van der Waals surface area contributed by atoms with Crippen molar-refractivity contribution in [3.8, 4) is 23.0 Å². The van der Waals surface area contributed by atoms with Crippen LogP contribution in [-0.4, -0.2) is 52.5 Å². The van der Waals surface area contributed by atoms with Crippen molar-refractivity contribution in [3.63, 3.8) is 0 Å². The van der Waals surface area contributed by atoms with E-state index in [4.69, 9.17) is 18.9 Å². The highest BCUT2D eigenvalue weighted by Gasteiger charge is 2.20. The Labute approximate surface area is 158 Å². The molecule has 1 atom stereocenters. The van der Waals surface area contributed by atoms with Gasteiger partial charge in [0.25, 0.3) is 5.91 Å². The number of nitrogens with zero attached hydrogens (tertiary/aromatic N) is 1. The molecule has 144 valence electrons. The highest BCUT2D eigenvalue weighted by molar-refractivity contribution is 5.94. The zero-order chi connectivity index (χ0) is 19.4. The van der Waals surface area contributed by atoms with Crippen LogP contribution in [0.1, 0.15) is 22.0 Å². The molecule has 2 aromatic carbocycles. The molecule has 1 amide bonds. The van der Waals surface area contributed by atoms with Crippen molar-refractivity contribution in [1.29, 1.82) is 0 Å². The van der Waals surface area contributed by atoms with Gasteiger partial charge in [0, 0.05) is 12.1 Å². The molecule has 0 aliphatic carbocycles. The zero-order valence-electron chi connectivity index (χ0n) is 15.9. The smallest absolute Gasteiger partial charge is 0.251 e. The van der Waals surface area contributed by atoms with E-state index in [-0.39, 0.29) is 18.7 Å². The fourth-order valence-electron chi connectivity index (χ4n) is 2.99. The van der Waals surface area contributed by atoms with Gasteiger partial charge in [-0.2, -0.15) is 0 Å². The standard InChI is InChI=1S/C20H24N2O5/c1-22(2)15(13-5-8-17-19(9-13)27-12-26-17)11-21-20(23)14-6-7-16(24-3)18(10-14)25-4/h5-10,15H,11-12H2,1-4H3,(H,21,23)/t15-/m1/s1. The third kappa shape index (κ3) is 4.09. The number of methoxy groups -OCH3 is 2. The van der Waals surface area contributed by atoms with Crippen LogP contribution in [-0.2, 0) is 0 Å². The third-order valence-electron chi connectivity index (χ3n) is 4.51. The molecule has 0 saturated carbocycles. The molecule has 7 nitrogen and oxygen atoms in total. The minimum atomic E-state index is -0.177. The predicted molar refractivity (Wildman–Crippen MR) is 101 cm³/mol. The quantitative estimate of drug-likeness (QED) is 0.805. The summed E-state index contributed by atoms with van der Waals surface area (Å²) in [6.45, 7) is 0.682. The fraction of sp³-hybridized carbons (Fsp3) is 0.350. The predicted octanol–water partition coefficient (Wildman–Crippen LogP) is 2.47. The summed E-state index contributed by atoms with van der Waals surface area (Å²) in [5.74, 6) is 2.39. The average molecular weight is 372 g/mol. The summed E-state index contributed by atoms with van der Waals surface area (Å²) in [6.07, 6.45) is 0. The second kappa shape index (κ2) is 8.18. The number of carbonyl (C=O) groups excluding carboxylic acids is 1. The summed E-state index contributed by atoms with van der Waals surface area (Å²) < 4.78 is 21.3. The van der Waals surface area contributed by atoms with Crippen LogP contribution in [0.15, 0.2) is 36.4 Å². The first-order valence-corrected chi connectivity index (χ1v) is 8.59. The molecule has 0 fully saturated rings. The number of benzene rings is 2. The van der Waals surface area contributed by atoms with Crippen LogP contribution in [0.2, 0.25) is 0 Å². The normalized spacial score (nSPS) is 13.4. The van der Waals surface area contributed by atoms with Crippen molar-refractivity contribution in [2.45, 2.75) is 6.04 Å². The maximum Gasteiger partial charge on any atom is 0.251 e. The summed E-state index contributed by atoms with van der Waals surface area (Å²) in [6, 6.07) is 10.9. The van der Waals surface area contributed by atoms with Crippen molar-refractivity contribution in [1.82, 2.24) is 10.2 Å². The molecule has 0 bridgehead atoms. The molecule has 2 aromatic rings. The van der Waals surface area contributed by atoms with E-state index in [0.717, 1.165) is 17.1 Å². The minimum Gasteiger partial charge on any atom is -0.493 e. The number of nitrogens with one attached hydrogen (secondary N) is 1. The summed E-state index contributed by atoms with van der Waals surface area (Å²) in [5, 5.41) is 2.99. The van der Waals surface area contributed by atoms with E-state index in [1.165, 1.54) is 0 Å². The molecule has 7 heteroatoms. The molecule has 0 aromatic heterocycles. The van der Waals surface area contributed by atoms with Crippen molar-refractivity contribution in [2.75, 3.05) is 41.7 Å². The maximum absolute atomic E-state index is 12.6. The van der Waals surface area contributed by atoms with Crippen LogP contribution >= 0.6 is 0 Å². The topological polar surface area (TPSA) is 69.3 Å². The second-order valence-corrected chi connectivity index (χ2v) is 6.37. The lowest BCUT2D eigenvalue weighted by Gasteiger charge is -2.25. The SMILES string of the molecule is COc1ccc(C(=O)NC[C@H](c2ccc3c(c2)OCO3)N(C)C)cc1OC. The van der Waals surface area contributed by atoms with E-state index in [0.29, 0.717) is 23.6 Å². The number of hydrogen-bond acceptors (Lipinski definition) is 6. The average Bonchev–Trinajstić information content (AvgIpc) is 3.15. The number of ether oxygens (including phenoxy) is 4. The molecule has 1 aliphatic heterocycles. The van der Waals surface area contributed by atoms with E-state index >= 15 is 0 Å². The number of amides is 1. The van der Waals surface area contributed by atoms with Crippen LogP contribution in [0.5, 0.6) is 23.0 Å². The summed E-state index contributed by atoms with van der Waals surface area (Å²) in [4.78, 5) is 14.6. The van der Waals surface area contributed by atoms with Gasteiger partial charge >= 0.3 is 0 Å². The van der Waals surface area contributed by atoms with E-state index in [1.807, 2.05) is 37.2 Å². The maximum atomic E-state index is 12.6. The van der Waals surface area contributed by atoms with Gasteiger partial charge in [-0.1, -0.05) is 6.07 Å². The van der Waals surface area contributed by atoms with Crippen LogP contribution in [0.4, 0.5) is 0 Å². The van der Waals surface area contributed by atoms with Crippen molar-refractivity contribution in [2.24, 2.45) is 0 Å². The van der Waals surface area contributed by atoms with Crippen LogP contribution in [0, 0.1) is 0 Å². The first kappa shape index (κ1) is 18.8. The Balaban J connectivity index is 1.72. The van der Waals surface area contributed by atoms with Crippen LogP contribution in [0.3, 0.4) is 0 Å². The first-order chi connectivity index (χ1) is 13.0. The van der Waals surface area contributed by atoms with Crippen LogP contribution < -0.4 is 24.3 Å². The Morgan fingerprint density at radius 2 is 1.81 bits per heavy atom. The molecule has 1 N–H and O–H groups in total. The molecule has 27 heavy (non-hydrogen) atoms. The summed E-state index contributed by atoms with van der Waals surface area (Å²) in [5.41, 5.74) is 1.55. The summed E-state index contributed by atoms with van der Waals surface area (Å²) >= 11 is 0. The fourth-order valence-corrected chi connectivity index (χ4v) is 2.99. The molecular formula is C20H24N2O5. The van der Waals surface area contributed by atoms with Gasteiger partial charge in [-0.15, -0.1) is 0 Å². The van der Waals surface area contributed by atoms with E-state index in [9.17, 15) is 4.79 Å². The molecule has 1 heterocycles. The Morgan fingerprint density at radius 1 is 1.07 bits per heavy atom. The van der Waals surface area contributed by atoms with Gasteiger partial charge in [-0.3, -0.25) is 4.79 Å². The van der Waals surface area contributed by atoms with Crippen molar-refractivity contribution < 1.29 is 23.7 Å². The molecule has 3 rings (SSSR count). The molecule has 0 saturated heterocycles. The Hall–Kier alpha value is -2.93. The third-order valence-corrected chi connectivity index (χ3v) is 4.51. The Kier molecular flexibility index (Phi) is 5.71. The molecular weight excluding hydrogens is 348 g/mol. The highest BCUT2D eigenvalue weighted by Crippen LogP contribution is 2.35. The zero-order valence-corrected chi connectivity index (χ0v) is 15.9. The molecule has 0 spiro atoms. The molecule has 0 unspecified atom stereocenters. The van der Waals surface area contributed by atoms with Crippen LogP contribution in [0.25, 0.3) is 0 Å². The minimum absolute atomic E-state index is 0.0106. The largest absolute Gasteiger partial charge is 0.493 e. The van der Waals surface area contributed by atoms with Gasteiger partial charge in [0.1, 0.15) is 0 Å². The van der Waals surface area contributed by atoms with Gasteiger partial charge in [-0.05, 0) is 50.0 Å². The van der Waals surface area contributed by atoms with Crippen molar-refractivity contribution in [3.05, 3.63) is 47.5 Å². The van der Waals surface area contributed by atoms with E-state index < -0.39 is 0 Å². The Bertz CT molecular complexity index is 822. The number of hydrogen-bond donors (Lipinski definition) is 1. The number of carbonyl (C=O) groups is 1. The monoisotopic (exact) mass is 372 g/mol. The van der Waals surface area contributed by atoms with Gasteiger partial charge in [0.05, 0.1) is 20.3 Å². The molecule has 0 radical (unpaired) electrons. The number of likely N-dealkylation sites (N-methyl/N-ethyl adjacent to an activating group) is 1. The van der Waals surface area contributed by atoms with E-state index in [1.54, 1.807) is 32.4 Å².